The van der Waals surface area contributed by atoms with E-state index in [0.717, 1.165) is 18.3 Å². The Morgan fingerprint density at radius 1 is 1.06 bits per heavy atom. The lowest BCUT2D eigenvalue weighted by atomic mass is 9.94. The highest BCUT2D eigenvalue weighted by Gasteiger charge is 2.30. The minimum absolute atomic E-state index is 0.976. The molecule has 0 spiro atoms. The number of nitrogens with one attached hydrogen (secondary N) is 2. The van der Waals surface area contributed by atoms with Crippen LogP contribution in [0.4, 0.5) is 0 Å². The van der Waals surface area contributed by atoms with Crippen molar-refractivity contribution in [1.82, 2.24) is 0 Å². The number of piperazine rings is 1. The van der Waals surface area contributed by atoms with Gasteiger partial charge in [0.2, 0.25) is 0 Å². The van der Waals surface area contributed by atoms with E-state index in [-0.39, 0.29) is 0 Å². The number of furan rings is 1. The molecule has 3 rings (SSSR count). The van der Waals surface area contributed by atoms with Gasteiger partial charge >= 0.3 is 0 Å². The summed E-state index contributed by atoms with van der Waals surface area (Å²) < 4.78 is 5.45. The van der Waals surface area contributed by atoms with Crippen LogP contribution in [0, 0.1) is 0 Å². The Morgan fingerprint density at radius 3 is 2.50 bits per heavy atom. The summed E-state index contributed by atoms with van der Waals surface area (Å²) >= 11 is 0. The summed E-state index contributed by atoms with van der Waals surface area (Å²) in [6, 6.07) is 5.08. The van der Waals surface area contributed by atoms with Crippen molar-refractivity contribution in [2.45, 2.75) is 44.7 Å². The fraction of sp³-hybridized carbons (Fsp3) is 0.733. The first-order chi connectivity index (χ1) is 8.92. The summed E-state index contributed by atoms with van der Waals surface area (Å²) in [7, 11) is 0. The summed E-state index contributed by atoms with van der Waals surface area (Å²) in [6.07, 6.45) is 9.15. The SMILES string of the molecule is c1coc(C[NH+]2CC[NH+](C3CCCCC3)CC2)c1. The van der Waals surface area contributed by atoms with Gasteiger partial charge in [0.1, 0.15) is 32.7 Å². The van der Waals surface area contributed by atoms with E-state index in [2.05, 4.69) is 6.07 Å². The van der Waals surface area contributed by atoms with E-state index in [4.69, 9.17) is 4.42 Å². The van der Waals surface area contributed by atoms with Gasteiger partial charge in [0.25, 0.3) is 0 Å². The van der Waals surface area contributed by atoms with Crippen molar-refractivity contribution < 1.29 is 14.2 Å². The van der Waals surface area contributed by atoms with E-state index in [1.165, 1.54) is 58.3 Å². The van der Waals surface area contributed by atoms with Crippen molar-refractivity contribution in [2.75, 3.05) is 26.2 Å². The van der Waals surface area contributed by atoms with Gasteiger partial charge in [-0.1, -0.05) is 6.42 Å². The summed E-state index contributed by atoms with van der Waals surface area (Å²) in [6.45, 7) is 6.42. The Kier molecular flexibility index (Phi) is 4.01. The summed E-state index contributed by atoms with van der Waals surface area (Å²) in [5, 5.41) is 0. The van der Waals surface area contributed by atoms with Crippen LogP contribution >= 0.6 is 0 Å². The van der Waals surface area contributed by atoms with Gasteiger partial charge in [-0.15, -0.1) is 0 Å². The lowest BCUT2D eigenvalue weighted by Gasteiger charge is -2.36. The first kappa shape index (κ1) is 12.2. The van der Waals surface area contributed by atoms with Crippen molar-refractivity contribution in [2.24, 2.45) is 0 Å². The molecule has 2 N–H and O–H groups in total. The molecule has 0 aromatic carbocycles. The second kappa shape index (κ2) is 5.89. The highest BCUT2D eigenvalue weighted by atomic mass is 16.3. The van der Waals surface area contributed by atoms with Crippen LogP contribution in [0.1, 0.15) is 37.9 Å². The summed E-state index contributed by atoms with van der Waals surface area (Å²) in [4.78, 5) is 3.59. The first-order valence-corrected chi connectivity index (χ1v) is 7.62. The van der Waals surface area contributed by atoms with Crippen LogP contribution in [0.3, 0.4) is 0 Å². The quantitative estimate of drug-likeness (QED) is 0.768. The van der Waals surface area contributed by atoms with Crippen molar-refractivity contribution in [3.05, 3.63) is 24.2 Å². The van der Waals surface area contributed by atoms with Gasteiger partial charge in [0.15, 0.2) is 5.76 Å². The van der Waals surface area contributed by atoms with E-state index in [9.17, 15) is 0 Å². The fourth-order valence-electron chi connectivity index (χ4n) is 3.68. The monoisotopic (exact) mass is 250 g/mol. The molecule has 0 bridgehead atoms. The Bertz CT molecular complexity index is 335. The van der Waals surface area contributed by atoms with Crippen LogP contribution in [-0.2, 0) is 6.54 Å². The standard InChI is InChI=1S/C15H24N2O/c1-2-5-14(6-3-1)17-10-8-16(9-11-17)13-15-7-4-12-18-15/h4,7,12,14H,1-3,5-6,8-11,13H2/p+2. The van der Waals surface area contributed by atoms with Crippen molar-refractivity contribution in [1.29, 1.82) is 0 Å². The Balaban J connectivity index is 1.45. The second-order valence-corrected chi connectivity index (χ2v) is 6.00. The van der Waals surface area contributed by atoms with Gasteiger partial charge in [0.05, 0.1) is 12.3 Å². The van der Waals surface area contributed by atoms with Gasteiger partial charge in [-0.05, 0) is 37.8 Å². The molecule has 100 valence electrons. The molecule has 0 unspecified atom stereocenters. The third-order valence-corrected chi connectivity index (χ3v) is 4.79. The van der Waals surface area contributed by atoms with Gasteiger partial charge in [0, 0.05) is 0 Å². The van der Waals surface area contributed by atoms with Crippen LogP contribution in [0.15, 0.2) is 22.8 Å². The smallest absolute Gasteiger partial charge is 0.157 e. The number of hydrogen-bond acceptors (Lipinski definition) is 1. The number of quaternary nitrogens is 2. The lowest BCUT2D eigenvalue weighted by molar-refractivity contribution is -1.03. The molecule has 3 heteroatoms. The zero-order chi connectivity index (χ0) is 12.2. The Hall–Kier alpha value is -0.800. The van der Waals surface area contributed by atoms with Crippen LogP contribution in [0.25, 0.3) is 0 Å². The number of hydrogen-bond donors (Lipinski definition) is 2. The van der Waals surface area contributed by atoms with Gasteiger partial charge in [-0.3, -0.25) is 0 Å². The molecule has 1 aromatic heterocycles. The number of rotatable bonds is 3. The molecule has 2 fully saturated rings. The minimum Gasteiger partial charge on any atom is -0.463 e. The summed E-state index contributed by atoms with van der Waals surface area (Å²) in [5.74, 6) is 1.14. The second-order valence-electron chi connectivity index (χ2n) is 6.00. The van der Waals surface area contributed by atoms with Gasteiger partial charge in [-0.2, -0.15) is 0 Å². The lowest BCUT2D eigenvalue weighted by Crippen LogP contribution is -3.29. The Labute approximate surface area is 110 Å². The molecule has 2 heterocycles. The fourth-order valence-corrected chi connectivity index (χ4v) is 3.68. The molecule has 0 atom stereocenters. The highest BCUT2D eigenvalue weighted by molar-refractivity contribution is 4.95. The molecule has 18 heavy (non-hydrogen) atoms. The zero-order valence-corrected chi connectivity index (χ0v) is 11.3. The predicted octanol–water partition coefficient (Wildman–Crippen LogP) is -0.104. The third-order valence-electron chi connectivity index (χ3n) is 4.79. The van der Waals surface area contributed by atoms with Crippen LogP contribution in [0.5, 0.6) is 0 Å². The topological polar surface area (TPSA) is 22.0 Å². The van der Waals surface area contributed by atoms with Gasteiger partial charge < -0.3 is 14.2 Å². The van der Waals surface area contributed by atoms with E-state index in [0.29, 0.717) is 0 Å². The maximum absolute atomic E-state index is 5.45. The highest BCUT2D eigenvalue weighted by Crippen LogP contribution is 2.15. The largest absolute Gasteiger partial charge is 0.463 e. The Morgan fingerprint density at radius 2 is 1.83 bits per heavy atom. The van der Waals surface area contributed by atoms with E-state index >= 15 is 0 Å². The molecular weight excluding hydrogens is 224 g/mol. The average Bonchev–Trinajstić information content (AvgIpc) is 2.94. The van der Waals surface area contributed by atoms with Crippen LogP contribution in [0.2, 0.25) is 0 Å². The molecule has 1 aliphatic heterocycles. The predicted molar refractivity (Wildman–Crippen MR) is 70.7 cm³/mol. The zero-order valence-electron chi connectivity index (χ0n) is 11.3. The molecule has 0 radical (unpaired) electrons. The summed E-state index contributed by atoms with van der Waals surface area (Å²) in [5.41, 5.74) is 0. The van der Waals surface area contributed by atoms with Crippen LogP contribution < -0.4 is 9.80 Å². The van der Waals surface area contributed by atoms with Crippen molar-refractivity contribution in [3.63, 3.8) is 0 Å². The molecule has 3 nitrogen and oxygen atoms in total. The van der Waals surface area contributed by atoms with Crippen LogP contribution in [-0.4, -0.2) is 32.2 Å². The molecule has 0 amide bonds. The third kappa shape index (κ3) is 2.96. The van der Waals surface area contributed by atoms with Crippen molar-refractivity contribution in [3.8, 4) is 0 Å². The van der Waals surface area contributed by atoms with Gasteiger partial charge in [-0.25, -0.2) is 0 Å². The van der Waals surface area contributed by atoms with E-state index in [1.54, 1.807) is 11.2 Å². The maximum atomic E-state index is 5.45. The van der Waals surface area contributed by atoms with E-state index in [1.807, 2.05) is 11.0 Å². The van der Waals surface area contributed by atoms with Crippen molar-refractivity contribution >= 4 is 0 Å². The molecule has 1 aromatic rings. The maximum Gasteiger partial charge on any atom is 0.157 e. The molecule has 1 saturated heterocycles. The minimum atomic E-state index is 0.976. The molecular formula is C15H26N2O+2. The molecule has 1 aliphatic carbocycles. The first-order valence-electron chi connectivity index (χ1n) is 7.62. The normalized spacial score (nSPS) is 30.4. The average molecular weight is 250 g/mol. The van der Waals surface area contributed by atoms with E-state index < -0.39 is 0 Å². The molecule has 1 saturated carbocycles. The molecule has 2 aliphatic rings.